The van der Waals surface area contributed by atoms with Crippen LogP contribution >= 0.6 is 0 Å². The highest BCUT2D eigenvalue weighted by atomic mass is 16.2. The van der Waals surface area contributed by atoms with Crippen LogP contribution in [0.2, 0.25) is 0 Å². The van der Waals surface area contributed by atoms with E-state index < -0.39 is 5.41 Å². The molecule has 134 valence electrons. The number of urea groups is 1. The van der Waals surface area contributed by atoms with Crippen molar-refractivity contribution < 1.29 is 14.4 Å². The minimum absolute atomic E-state index is 0.0457. The van der Waals surface area contributed by atoms with Gasteiger partial charge in [-0.1, -0.05) is 13.8 Å². The van der Waals surface area contributed by atoms with Crippen LogP contribution in [0.4, 0.5) is 4.79 Å². The second-order valence-corrected chi connectivity index (χ2v) is 7.96. The molecule has 0 spiro atoms. The van der Waals surface area contributed by atoms with Crippen molar-refractivity contribution in [3.8, 4) is 0 Å². The van der Waals surface area contributed by atoms with Crippen molar-refractivity contribution >= 4 is 17.8 Å². The lowest BCUT2D eigenvalue weighted by Gasteiger charge is -2.38. The summed E-state index contributed by atoms with van der Waals surface area (Å²) in [6.45, 7) is 7.27. The number of fused-ring (bicyclic) bond motifs is 1. The highest BCUT2D eigenvalue weighted by Crippen LogP contribution is 2.48. The summed E-state index contributed by atoms with van der Waals surface area (Å²) in [6.07, 6.45) is 1.29. The van der Waals surface area contributed by atoms with Crippen LogP contribution in [0.25, 0.3) is 0 Å². The zero-order valence-electron chi connectivity index (χ0n) is 15.1. The van der Waals surface area contributed by atoms with Crippen molar-refractivity contribution in [1.82, 2.24) is 19.6 Å². The number of carbonyl (C=O) groups excluding carboxylic acids is 3. The van der Waals surface area contributed by atoms with E-state index in [0.29, 0.717) is 44.9 Å². The number of amides is 4. The van der Waals surface area contributed by atoms with Crippen LogP contribution in [-0.2, 0) is 9.59 Å². The first kappa shape index (κ1) is 17.0. The van der Waals surface area contributed by atoms with Crippen LogP contribution in [0.5, 0.6) is 0 Å². The Bertz CT molecular complexity index is 556. The van der Waals surface area contributed by atoms with Crippen LogP contribution in [0.15, 0.2) is 0 Å². The van der Waals surface area contributed by atoms with Gasteiger partial charge in [0.05, 0.1) is 6.04 Å². The van der Waals surface area contributed by atoms with Gasteiger partial charge in [-0.25, -0.2) is 4.79 Å². The van der Waals surface area contributed by atoms with Crippen molar-refractivity contribution in [2.75, 3.05) is 46.8 Å². The van der Waals surface area contributed by atoms with Gasteiger partial charge >= 0.3 is 6.03 Å². The van der Waals surface area contributed by atoms with Crippen molar-refractivity contribution in [3.63, 3.8) is 0 Å². The molecule has 7 nitrogen and oxygen atoms in total. The van der Waals surface area contributed by atoms with E-state index in [9.17, 15) is 14.4 Å². The molecule has 4 amide bonds. The highest BCUT2D eigenvalue weighted by Gasteiger charge is 2.59. The Morgan fingerprint density at radius 1 is 1.21 bits per heavy atom. The second-order valence-electron chi connectivity index (χ2n) is 7.96. The van der Waals surface area contributed by atoms with Crippen molar-refractivity contribution in [3.05, 3.63) is 0 Å². The van der Waals surface area contributed by atoms with E-state index in [-0.39, 0.29) is 23.9 Å². The van der Waals surface area contributed by atoms with E-state index in [4.69, 9.17) is 0 Å². The predicted octanol–water partition coefficient (Wildman–Crippen LogP) is 0.459. The van der Waals surface area contributed by atoms with Crippen molar-refractivity contribution in [2.24, 2.45) is 11.3 Å². The largest absolute Gasteiger partial charge is 0.348 e. The van der Waals surface area contributed by atoms with Gasteiger partial charge in [-0.2, -0.15) is 0 Å². The van der Waals surface area contributed by atoms with E-state index in [0.717, 1.165) is 6.54 Å². The Balaban J connectivity index is 1.66. The van der Waals surface area contributed by atoms with Crippen LogP contribution in [-0.4, -0.2) is 90.3 Å². The maximum absolute atomic E-state index is 12.9. The molecule has 0 N–H and O–H groups in total. The summed E-state index contributed by atoms with van der Waals surface area (Å²) in [5.41, 5.74) is -0.827. The fourth-order valence-electron chi connectivity index (χ4n) is 3.93. The number of rotatable bonds is 4. The number of nitrogens with zero attached hydrogens (tertiary/aromatic N) is 4. The molecule has 7 heteroatoms. The number of carbonyl (C=O) groups is 3. The van der Waals surface area contributed by atoms with Crippen LogP contribution in [0.3, 0.4) is 0 Å². The van der Waals surface area contributed by atoms with Crippen LogP contribution in [0.1, 0.15) is 26.7 Å². The number of hydrogen-bond acceptors (Lipinski definition) is 3. The number of piperazine rings is 1. The van der Waals surface area contributed by atoms with Gasteiger partial charge in [0, 0.05) is 46.8 Å². The molecule has 1 aliphatic carbocycles. The van der Waals surface area contributed by atoms with E-state index in [2.05, 4.69) is 13.8 Å². The molecule has 2 saturated heterocycles. The molecule has 1 atom stereocenters. The smallest absolute Gasteiger partial charge is 0.320 e. The molecule has 1 saturated carbocycles. The molecular weight excluding hydrogens is 308 g/mol. The van der Waals surface area contributed by atoms with Gasteiger partial charge in [0.15, 0.2) is 0 Å². The molecule has 2 aliphatic heterocycles. The molecule has 2 heterocycles. The Labute approximate surface area is 143 Å². The van der Waals surface area contributed by atoms with Crippen LogP contribution < -0.4 is 0 Å². The molecule has 0 aromatic carbocycles. The lowest BCUT2D eigenvalue weighted by Crippen LogP contribution is -2.56. The fourth-order valence-corrected chi connectivity index (χ4v) is 3.93. The van der Waals surface area contributed by atoms with E-state index >= 15 is 0 Å². The number of hydrogen-bond donors (Lipinski definition) is 0. The summed E-state index contributed by atoms with van der Waals surface area (Å²) >= 11 is 0. The minimum Gasteiger partial charge on any atom is -0.348 e. The molecule has 0 bridgehead atoms. The van der Waals surface area contributed by atoms with Crippen molar-refractivity contribution in [2.45, 2.75) is 32.7 Å². The quantitative estimate of drug-likeness (QED) is 0.701. The summed E-state index contributed by atoms with van der Waals surface area (Å²) < 4.78 is 0. The lowest BCUT2D eigenvalue weighted by molar-refractivity contribution is -0.149. The molecule has 3 fully saturated rings. The first-order valence-electron chi connectivity index (χ1n) is 8.83. The average molecular weight is 336 g/mol. The first-order valence-corrected chi connectivity index (χ1v) is 8.83. The summed E-state index contributed by atoms with van der Waals surface area (Å²) in [6, 6.07) is 0.144. The minimum atomic E-state index is -0.827. The summed E-state index contributed by atoms with van der Waals surface area (Å²) in [5.74, 6) is 0.301. The average Bonchev–Trinajstić information content (AvgIpc) is 3.27. The van der Waals surface area contributed by atoms with Crippen molar-refractivity contribution in [1.29, 1.82) is 0 Å². The van der Waals surface area contributed by atoms with E-state index in [1.54, 1.807) is 14.1 Å². The van der Waals surface area contributed by atoms with E-state index in [1.807, 2.05) is 14.7 Å². The second kappa shape index (κ2) is 5.93. The topological polar surface area (TPSA) is 64.2 Å². The van der Waals surface area contributed by atoms with Gasteiger partial charge in [0.1, 0.15) is 5.41 Å². The molecule has 0 aromatic rings. The first-order chi connectivity index (χ1) is 11.3. The molecule has 1 unspecified atom stereocenters. The SMILES string of the molecule is CC(C)CN1CC2CN(C(=O)C3(C(=O)N(C)C)CC3)CCN2C1=O. The molecule has 0 aromatic heterocycles. The Kier molecular flexibility index (Phi) is 4.21. The summed E-state index contributed by atoms with van der Waals surface area (Å²) in [5, 5.41) is 0. The lowest BCUT2D eigenvalue weighted by atomic mass is 10.0. The van der Waals surface area contributed by atoms with Gasteiger partial charge in [0.2, 0.25) is 11.8 Å². The van der Waals surface area contributed by atoms with Gasteiger partial charge in [-0.3, -0.25) is 9.59 Å². The Morgan fingerprint density at radius 2 is 1.88 bits per heavy atom. The van der Waals surface area contributed by atoms with Gasteiger partial charge in [-0.05, 0) is 18.8 Å². The maximum Gasteiger partial charge on any atom is 0.320 e. The van der Waals surface area contributed by atoms with Gasteiger partial charge in [0.25, 0.3) is 0 Å². The molecule has 3 aliphatic rings. The van der Waals surface area contributed by atoms with Gasteiger partial charge in [-0.15, -0.1) is 0 Å². The Hall–Kier alpha value is -1.79. The molecule has 24 heavy (non-hydrogen) atoms. The summed E-state index contributed by atoms with van der Waals surface area (Å²) in [7, 11) is 3.40. The third-order valence-corrected chi connectivity index (χ3v) is 5.28. The molecule has 0 radical (unpaired) electrons. The maximum atomic E-state index is 12.9. The normalized spacial score (nSPS) is 25.1. The fraction of sp³-hybridized carbons (Fsp3) is 0.824. The van der Waals surface area contributed by atoms with Crippen LogP contribution in [0, 0.1) is 11.3 Å². The van der Waals surface area contributed by atoms with Gasteiger partial charge < -0.3 is 19.6 Å². The Morgan fingerprint density at radius 3 is 2.42 bits per heavy atom. The zero-order chi connectivity index (χ0) is 17.6. The molecule has 3 rings (SSSR count). The standard InChI is InChI=1S/C17H28N4O3/c1-12(2)9-20-11-13-10-19(7-8-21(13)16(20)24)15(23)17(5-6-17)14(22)18(3)4/h12-13H,5-11H2,1-4H3. The third kappa shape index (κ3) is 2.74. The third-order valence-electron chi connectivity index (χ3n) is 5.28. The summed E-state index contributed by atoms with van der Waals surface area (Å²) in [4.78, 5) is 44.8. The molecular formula is C17H28N4O3. The highest BCUT2D eigenvalue weighted by molar-refractivity contribution is 6.07. The van der Waals surface area contributed by atoms with E-state index in [1.165, 1.54) is 4.90 Å². The predicted molar refractivity (Wildman–Crippen MR) is 89.2 cm³/mol. The zero-order valence-corrected chi connectivity index (χ0v) is 15.1. The monoisotopic (exact) mass is 336 g/mol.